The van der Waals surface area contributed by atoms with Gasteiger partial charge in [-0.2, -0.15) is 0 Å². The van der Waals surface area contributed by atoms with Gasteiger partial charge in [0.15, 0.2) is 0 Å². The molecular formula is C16H17N3S. The third kappa shape index (κ3) is 2.44. The van der Waals surface area contributed by atoms with Crippen LogP contribution >= 0.6 is 11.3 Å². The molecule has 0 aliphatic heterocycles. The summed E-state index contributed by atoms with van der Waals surface area (Å²) in [6, 6.07) is 10.5. The van der Waals surface area contributed by atoms with Crippen molar-refractivity contribution in [1.29, 1.82) is 0 Å². The predicted molar refractivity (Wildman–Crippen MR) is 84.1 cm³/mol. The van der Waals surface area contributed by atoms with Gasteiger partial charge in [0.05, 0.1) is 11.6 Å². The van der Waals surface area contributed by atoms with E-state index in [0.717, 1.165) is 22.8 Å². The summed E-state index contributed by atoms with van der Waals surface area (Å²) in [6.07, 6.45) is 1.85. The van der Waals surface area contributed by atoms with Crippen LogP contribution in [0.1, 0.15) is 29.2 Å². The molecular weight excluding hydrogens is 266 g/mol. The van der Waals surface area contributed by atoms with E-state index in [1.807, 2.05) is 19.2 Å². The van der Waals surface area contributed by atoms with Gasteiger partial charge in [0, 0.05) is 28.2 Å². The molecule has 3 nitrogen and oxygen atoms in total. The van der Waals surface area contributed by atoms with E-state index in [1.54, 1.807) is 11.3 Å². The zero-order valence-electron chi connectivity index (χ0n) is 11.6. The molecule has 0 saturated heterocycles. The zero-order valence-corrected chi connectivity index (χ0v) is 12.4. The minimum atomic E-state index is 0.109. The van der Waals surface area contributed by atoms with E-state index in [1.165, 1.54) is 10.9 Å². The average Bonchev–Trinajstić information content (AvgIpc) is 2.91. The molecule has 0 aliphatic rings. The number of aryl methyl sites for hydroxylation is 1. The van der Waals surface area contributed by atoms with E-state index in [2.05, 4.69) is 51.9 Å². The first-order valence-electron chi connectivity index (χ1n) is 6.78. The van der Waals surface area contributed by atoms with Gasteiger partial charge in [-0.05, 0) is 19.5 Å². The Morgan fingerprint density at radius 3 is 2.85 bits per heavy atom. The summed E-state index contributed by atoms with van der Waals surface area (Å²) < 4.78 is 0. The number of hydrogen-bond donors (Lipinski definition) is 1. The lowest BCUT2D eigenvalue weighted by Crippen LogP contribution is -2.22. The van der Waals surface area contributed by atoms with Crippen LogP contribution in [0.5, 0.6) is 0 Å². The van der Waals surface area contributed by atoms with Crippen molar-refractivity contribution in [3.05, 3.63) is 58.2 Å². The molecule has 0 bridgehead atoms. The summed E-state index contributed by atoms with van der Waals surface area (Å²) in [6.45, 7) is 5.04. The lowest BCUT2D eigenvalue weighted by atomic mass is 10.0. The van der Waals surface area contributed by atoms with Gasteiger partial charge in [0.2, 0.25) is 0 Å². The van der Waals surface area contributed by atoms with Gasteiger partial charge in [0.1, 0.15) is 5.01 Å². The van der Waals surface area contributed by atoms with E-state index in [-0.39, 0.29) is 6.04 Å². The lowest BCUT2D eigenvalue weighted by molar-refractivity contribution is 0.629. The molecule has 1 unspecified atom stereocenters. The van der Waals surface area contributed by atoms with Gasteiger partial charge < -0.3 is 5.32 Å². The van der Waals surface area contributed by atoms with E-state index in [9.17, 15) is 0 Å². The predicted octanol–water partition coefficient (Wildman–Crippen LogP) is 3.70. The molecule has 0 spiro atoms. The van der Waals surface area contributed by atoms with Gasteiger partial charge in [-0.25, -0.2) is 4.98 Å². The Morgan fingerprint density at radius 2 is 2.10 bits per heavy atom. The molecule has 0 amide bonds. The van der Waals surface area contributed by atoms with Crippen LogP contribution in [-0.2, 0) is 0 Å². The number of thiazole rings is 1. The number of nitrogens with one attached hydrogen (secondary N) is 1. The quantitative estimate of drug-likeness (QED) is 0.793. The molecule has 102 valence electrons. The minimum absolute atomic E-state index is 0.109. The van der Waals surface area contributed by atoms with Gasteiger partial charge in [0.25, 0.3) is 0 Å². The fraction of sp³-hybridized carbons (Fsp3) is 0.250. The number of pyridine rings is 1. The second-order valence-electron chi connectivity index (χ2n) is 4.74. The topological polar surface area (TPSA) is 37.8 Å². The molecule has 1 atom stereocenters. The molecule has 0 fully saturated rings. The van der Waals surface area contributed by atoms with Gasteiger partial charge in [-0.15, -0.1) is 11.3 Å². The molecule has 3 aromatic rings. The van der Waals surface area contributed by atoms with E-state index in [4.69, 9.17) is 0 Å². The van der Waals surface area contributed by atoms with Gasteiger partial charge in [-0.1, -0.05) is 31.2 Å². The Labute approximate surface area is 122 Å². The van der Waals surface area contributed by atoms with Crippen molar-refractivity contribution in [2.75, 3.05) is 6.54 Å². The first kappa shape index (κ1) is 13.2. The Kier molecular flexibility index (Phi) is 3.76. The van der Waals surface area contributed by atoms with E-state index < -0.39 is 0 Å². The molecule has 1 N–H and O–H groups in total. The third-order valence-corrected chi connectivity index (χ3v) is 4.29. The fourth-order valence-corrected chi connectivity index (χ4v) is 3.29. The third-order valence-electron chi connectivity index (χ3n) is 3.27. The summed E-state index contributed by atoms with van der Waals surface area (Å²) in [4.78, 5) is 9.19. The number of para-hydroxylation sites is 1. The maximum absolute atomic E-state index is 4.64. The van der Waals surface area contributed by atoms with Gasteiger partial charge in [-0.3, -0.25) is 4.98 Å². The summed E-state index contributed by atoms with van der Waals surface area (Å²) in [5, 5.41) is 7.89. The number of fused-ring (bicyclic) bond motifs is 1. The molecule has 2 heterocycles. The van der Waals surface area contributed by atoms with Crippen molar-refractivity contribution in [1.82, 2.24) is 15.3 Å². The van der Waals surface area contributed by atoms with Crippen molar-refractivity contribution in [3.8, 4) is 0 Å². The Balaban J connectivity index is 2.14. The maximum Gasteiger partial charge on any atom is 0.114 e. The van der Waals surface area contributed by atoms with Gasteiger partial charge >= 0.3 is 0 Å². The SMILES string of the molecule is CCNC(c1nc(C)cs1)c1cccc2cccnc12. The van der Waals surface area contributed by atoms with Crippen LogP contribution < -0.4 is 5.32 Å². The number of rotatable bonds is 4. The average molecular weight is 283 g/mol. The number of nitrogens with zero attached hydrogens (tertiary/aromatic N) is 2. The highest BCUT2D eigenvalue weighted by atomic mass is 32.1. The van der Waals surface area contributed by atoms with Crippen LogP contribution in [0.3, 0.4) is 0 Å². The van der Waals surface area contributed by atoms with E-state index >= 15 is 0 Å². The number of benzene rings is 1. The van der Waals surface area contributed by atoms with Crippen LogP contribution in [-0.4, -0.2) is 16.5 Å². The second kappa shape index (κ2) is 5.69. The standard InChI is InChI=1S/C16H17N3S/c1-3-17-15(16-19-11(2)10-20-16)13-8-4-6-12-7-5-9-18-14(12)13/h4-10,15,17H,3H2,1-2H3. The summed E-state index contributed by atoms with van der Waals surface area (Å²) >= 11 is 1.70. The van der Waals surface area contributed by atoms with E-state index in [0.29, 0.717) is 0 Å². The number of hydrogen-bond acceptors (Lipinski definition) is 4. The Hall–Kier alpha value is -1.78. The van der Waals surface area contributed by atoms with Crippen molar-refractivity contribution in [2.45, 2.75) is 19.9 Å². The smallest absolute Gasteiger partial charge is 0.114 e. The molecule has 20 heavy (non-hydrogen) atoms. The summed E-state index contributed by atoms with van der Waals surface area (Å²) in [5.41, 5.74) is 3.31. The monoisotopic (exact) mass is 283 g/mol. The molecule has 1 aromatic carbocycles. The van der Waals surface area contributed by atoms with Crippen molar-refractivity contribution in [2.24, 2.45) is 0 Å². The highest BCUT2D eigenvalue weighted by Gasteiger charge is 2.19. The molecule has 2 aromatic heterocycles. The fourth-order valence-electron chi connectivity index (χ4n) is 2.40. The normalized spacial score (nSPS) is 12.7. The van der Waals surface area contributed by atoms with Crippen LogP contribution in [0.2, 0.25) is 0 Å². The number of aromatic nitrogens is 2. The maximum atomic E-state index is 4.64. The molecule has 4 heteroatoms. The van der Waals surface area contributed by atoms with Crippen molar-refractivity contribution >= 4 is 22.2 Å². The van der Waals surface area contributed by atoms with Crippen LogP contribution in [0.15, 0.2) is 41.9 Å². The highest BCUT2D eigenvalue weighted by molar-refractivity contribution is 7.09. The molecule has 3 rings (SSSR count). The zero-order chi connectivity index (χ0) is 13.9. The summed E-state index contributed by atoms with van der Waals surface area (Å²) in [7, 11) is 0. The van der Waals surface area contributed by atoms with Crippen molar-refractivity contribution in [3.63, 3.8) is 0 Å². The lowest BCUT2D eigenvalue weighted by Gasteiger charge is -2.17. The van der Waals surface area contributed by atoms with Crippen LogP contribution in [0.4, 0.5) is 0 Å². The second-order valence-corrected chi connectivity index (χ2v) is 5.63. The summed E-state index contributed by atoms with van der Waals surface area (Å²) in [5.74, 6) is 0. The largest absolute Gasteiger partial charge is 0.304 e. The van der Waals surface area contributed by atoms with Crippen LogP contribution in [0.25, 0.3) is 10.9 Å². The highest BCUT2D eigenvalue weighted by Crippen LogP contribution is 2.29. The molecule has 0 radical (unpaired) electrons. The Morgan fingerprint density at radius 1 is 1.25 bits per heavy atom. The Bertz CT molecular complexity index is 715. The minimum Gasteiger partial charge on any atom is -0.304 e. The van der Waals surface area contributed by atoms with Crippen molar-refractivity contribution < 1.29 is 0 Å². The molecule has 0 aliphatic carbocycles. The molecule has 0 saturated carbocycles. The first-order valence-corrected chi connectivity index (χ1v) is 7.66. The first-order chi connectivity index (χ1) is 9.79. The van der Waals surface area contributed by atoms with Crippen LogP contribution in [0, 0.1) is 6.92 Å².